The predicted octanol–water partition coefficient (Wildman–Crippen LogP) is 0.191. The Morgan fingerprint density at radius 3 is 3.00 bits per heavy atom. The van der Waals surface area contributed by atoms with E-state index in [4.69, 9.17) is 15.4 Å². The summed E-state index contributed by atoms with van der Waals surface area (Å²) in [5, 5.41) is 12.7. The van der Waals surface area contributed by atoms with E-state index in [2.05, 4.69) is 15.0 Å². The SMILES string of the molecule is CCc1cn([C@@]2(N=[N+]=[N-])CC[C@@H](CO)O2)c(=O)[nH]c1=O. The lowest BCUT2D eigenvalue weighted by Gasteiger charge is -2.26. The molecule has 1 saturated heterocycles. The van der Waals surface area contributed by atoms with Crippen molar-refractivity contribution in [2.45, 2.75) is 38.1 Å². The Morgan fingerprint density at radius 1 is 1.70 bits per heavy atom. The number of aryl methyl sites for hydroxylation is 1. The van der Waals surface area contributed by atoms with E-state index in [0.717, 1.165) is 4.57 Å². The van der Waals surface area contributed by atoms with E-state index < -0.39 is 23.2 Å². The van der Waals surface area contributed by atoms with Crippen molar-refractivity contribution in [2.24, 2.45) is 5.11 Å². The van der Waals surface area contributed by atoms with Crippen LogP contribution in [0, 0.1) is 0 Å². The smallest absolute Gasteiger partial charge is 0.330 e. The second-order valence-electron chi connectivity index (χ2n) is 4.53. The van der Waals surface area contributed by atoms with Gasteiger partial charge in [-0.3, -0.25) is 14.3 Å². The van der Waals surface area contributed by atoms with Crippen LogP contribution in [0.15, 0.2) is 20.9 Å². The number of nitrogens with one attached hydrogen (secondary N) is 1. The van der Waals surface area contributed by atoms with E-state index >= 15 is 0 Å². The van der Waals surface area contributed by atoms with E-state index in [1.54, 1.807) is 6.92 Å². The number of ether oxygens (including phenoxy) is 1. The average molecular weight is 281 g/mol. The van der Waals surface area contributed by atoms with Crippen LogP contribution < -0.4 is 11.2 Å². The quantitative estimate of drug-likeness (QED) is 0.463. The Labute approximate surface area is 113 Å². The Bertz CT molecular complexity index is 660. The summed E-state index contributed by atoms with van der Waals surface area (Å²) >= 11 is 0. The highest BCUT2D eigenvalue weighted by Gasteiger charge is 2.42. The third-order valence-electron chi connectivity index (χ3n) is 3.33. The van der Waals surface area contributed by atoms with Crippen molar-refractivity contribution in [1.82, 2.24) is 9.55 Å². The van der Waals surface area contributed by atoms with Gasteiger partial charge in [0.25, 0.3) is 5.56 Å². The van der Waals surface area contributed by atoms with Crippen LogP contribution in [-0.4, -0.2) is 27.4 Å². The molecule has 0 aromatic carbocycles. The molecule has 2 rings (SSSR count). The monoisotopic (exact) mass is 281 g/mol. The van der Waals surface area contributed by atoms with E-state index in [-0.39, 0.29) is 13.0 Å². The third kappa shape index (κ3) is 2.34. The van der Waals surface area contributed by atoms with Gasteiger partial charge in [0.2, 0.25) is 5.85 Å². The Morgan fingerprint density at radius 2 is 2.45 bits per heavy atom. The zero-order valence-corrected chi connectivity index (χ0v) is 10.9. The van der Waals surface area contributed by atoms with Crippen LogP contribution >= 0.6 is 0 Å². The minimum atomic E-state index is -1.53. The molecule has 0 bridgehead atoms. The van der Waals surface area contributed by atoms with Gasteiger partial charge in [-0.2, -0.15) is 0 Å². The number of aliphatic hydroxyl groups is 1. The molecule has 1 aliphatic rings. The Hall–Kier alpha value is -2.09. The van der Waals surface area contributed by atoms with Crippen LogP contribution in [0.2, 0.25) is 0 Å². The van der Waals surface area contributed by atoms with Gasteiger partial charge in [0.15, 0.2) is 0 Å². The largest absolute Gasteiger partial charge is 0.394 e. The number of aromatic nitrogens is 2. The molecule has 2 heterocycles. The van der Waals surface area contributed by atoms with Gasteiger partial charge >= 0.3 is 5.69 Å². The highest BCUT2D eigenvalue weighted by Crippen LogP contribution is 2.35. The molecular formula is C11H15N5O4. The maximum absolute atomic E-state index is 12.0. The number of aliphatic hydroxyl groups excluding tert-OH is 1. The van der Waals surface area contributed by atoms with Crippen LogP contribution in [0.5, 0.6) is 0 Å². The van der Waals surface area contributed by atoms with Gasteiger partial charge in [-0.05, 0) is 23.5 Å². The zero-order chi connectivity index (χ0) is 14.8. The normalized spacial score (nSPS) is 25.4. The highest BCUT2D eigenvalue weighted by molar-refractivity contribution is 5.06. The molecule has 0 aliphatic carbocycles. The van der Waals surface area contributed by atoms with Crippen molar-refractivity contribution in [3.8, 4) is 0 Å². The number of nitrogens with zero attached hydrogens (tertiary/aromatic N) is 4. The summed E-state index contributed by atoms with van der Waals surface area (Å²) in [5.74, 6) is -1.53. The van der Waals surface area contributed by atoms with Crippen molar-refractivity contribution in [3.63, 3.8) is 0 Å². The fourth-order valence-electron chi connectivity index (χ4n) is 2.25. The summed E-state index contributed by atoms with van der Waals surface area (Å²) < 4.78 is 6.60. The number of aromatic amines is 1. The summed E-state index contributed by atoms with van der Waals surface area (Å²) in [5.41, 5.74) is 7.91. The molecule has 20 heavy (non-hydrogen) atoms. The van der Waals surface area contributed by atoms with E-state index in [1.807, 2.05) is 0 Å². The van der Waals surface area contributed by atoms with Crippen LogP contribution in [-0.2, 0) is 17.0 Å². The zero-order valence-electron chi connectivity index (χ0n) is 10.9. The molecule has 1 aliphatic heterocycles. The average Bonchev–Trinajstić information content (AvgIpc) is 2.84. The van der Waals surface area contributed by atoms with Crippen LogP contribution in [0.25, 0.3) is 10.4 Å². The number of H-pyrrole nitrogens is 1. The van der Waals surface area contributed by atoms with Gasteiger partial charge in [0.05, 0.1) is 12.7 Å². The maximum atomic E-state index is 12.0. The number of hydrogen-bond donors (Lipinski definition) is 2. The maximum Gasteiger partial charge on any atom is 0.330 e. The molecule has 1 aromatic heterocycles. The van der Waals surface area contributed by atoms with E-state index in [0.29, 0.717) is 18.4 Å². The van der Waals surface area contributed by atoms with Crippen molar-refractivity contribution in [2.75, 3.05) is 6.61 Å². The minimum Gasteiger partial charge on any atom is -0.394 e. The first-order valence-corrected chi connectivity index (χ1v) is 6.26. The molecular weight excluding hydrogens is 266 g/mol. The first-order valence-electron chi connectivity index (χ1n) is 6.26. The second-order valence-corrected chi connectivity index (χ2v) is 4.53. The van der Waals surface area contributed by atoms with Gasteiger partial charge in [-0.15, -0.1) is 0 Å². The second kappa shape index (κ2) is 5.49. The lowest BCUT2D eigenvalue weighted by atomic mass is 10.2. The van der Waals surface area contributed by atoms with E-state index in [1.165, 1.54) is 6.20 Å². The fourth-order valence-corrected chi connectivity index (χ4v) is 2.25. The van der Waals surface area contributed by atoms with Gasteiger partial charge in [0, 0.05) is 23.1 Å². The molecule has 0 saturated carbocycles. The summed E-state index contributed by atoms with van der Waals surface area (Å²) in [6.45, 7) is 1.53. The highest BCUT2D eigenvalue weighted by atomic mass is 16.6. The summed E-state index contributed by atoms with van der Waals surface area (Å²) in [4.78, 5) is 28.4. The fraction of sp³-hybridized carbons (Fsp3) is 0.636. The van der Waals surface area contributed by atoms with Gasteiger partial charge in [0.1, 0.15) is 0 Å². The number of hydrogen-bond acceptors (Lipinski definition) is 5. The molecule has 9 heteroatoms. The molecule has 0 radical (unpaired) electrons. The molecule has 1 aromatic rings. The summed E-state index contributed by atoms with van der Waals surface area (Å²) in [6, 6.07) is 0. The number of azide groups is 1. The standard InChI is InChI=1S/C11H15N5O4/c1-2-7-5-16(10(19)13-9(7)18)11(14-15-12)4-3-8(6-17)20-11/h5,8,17H,2-4,6H2,1H3,(H,13,18,19)/t8-,11-/m0/s1. The van der Waals surface area contributed by atoms with E-state index in [9.17, 15) is 9.59 Å². The van der Waals surface area contributed by atoms with Crippen molar-refractivity contribution in [3.05, 3.63) is 43.0 Å². The molecule has 0 amide bonds. The summed E-state index contributed by atoms with van der Waals surface area (Å²) in [7, 11) is 0. The van der Waals surface area contributed by atoms with Crippen LogP contribution in [0.1, 0.15) is 25.3 Å². The summed E-state index contributed by atoms with van der Waals surface area (Å²) in [6.07, 6.45) is 1.95. The predicted molar refractivity (Wildman–Crippen MR) is 69.0 cm³/mol. The first-order chi connectivity index (χ1) is 9.56. The molecule has 0 unspecified atom stereocenters. The van der Waals surface area contributed by atoms with Crippen molar-refractivity contribution < 1.29 is 9.84 Å². The Kier molecular flexibility index (Phi) is 3.93. The Balaban J connectivity index is 2.59. The van der Waals surface area contributed by atoms with Gasteiger partial charge < -0.3 is 9.84 Å². The molecule has 9 nitrogen and oxygen atoms in total. The van der Waals surface area contributed by atoms with Crippen molar-refractivity contribution >= 4 is 0 Å². The van der Waals surface area contributed by atoms with Gasteiger partial charge in [-0.1, -0.05) is 6.92 Å². The lowest BCUT2D eigenvalue weighted by molar-refractivity contribution is -0.109. The molecule has 1 fully saturated rings. The third-order valence-corrected chi connectivity index (χ3v) is 3.33. The van der Waals surface area contributed by atoms with Crippen LogP contribution in [0.4, 0.5) is 0 Å². The van der Waals surface area contributed by atoms with Crippen LogP contribution in [0.3, 0.4) is 0 Å². The number of rotatable bonds is 4. The van der Waals surface area contributed by atoms with Gasteiger partial charge in [-0.25, -0.2) is 4.79 Å². The van der Waals surface area contributed by atoms with Crippen molar-refractivity contribution in [1.29, 1.82) is 0 Å². The first kappa shape index (κ1) is 14.3. The molecule has 0 spiro atoms. The minimum absolute atomic E-state index is 0.235. The molecule has 2 N–H and O–H groups in total. The topological polar surface area (TPSA) is 133 Å². The molecule has 2 atom stereocenters. The molecule has 108 valence electrons. The lowest BCUT2D eigenvalue weighted by Crippen LogP contribution is -2.43.